The fraction of sp³-hybridized carbons (Fsp3) is 0.350. The first-order valence-corrected chi connectivity index (χ1v) is 9.29. The molecular weight excluding hydrogens is 374 g/mol. The lowest BCUT2D eigenvalue weighted by Gasteiger charge is -2.17. The topological polar surface area (TPSA) is 103 Å². The molecule has 1 aliphatic rings. The zero-order chi connectivity index (χ0) is 20.2. The third-order valence-corrected chi connectivity index (χ3v) is 4.91. The summed E-state index contributed by atoms with van der Waals surface area (Å²) in [6, 6.07) is 6.98. The fourth-order valence-corrected chi connectivity index (χ4v) is 3.42. The highest BCUT2D eigenvalue weighted by atomic mass is 16.5. The van der Waals surface area contributed by atoms with E-state index in [1.165, 1.54) is 14.2 Å². The summed E-state index contributed by atoms with van der Waals surface area (Å²) in [7, 11) is 3.01. The van der Waals surface area contributed by atoms with Crippen molar-refractivity contribution < 1.29 is 18.8 Å². The molecule has 150 valence electrons. The first-order chi connectivity index (χ1) is 14.2. The van der Waals surface area contributed by atoms with Gasteiger partial charge >= 0.3 is 0 Å². The Morgan fingerprint density at radius 3 is 2.76 bits per heavy atom. The number of pyridine rings is 2. The quantitative estimate of drug-likeness (QED) is 0.626. The van der Waals surface area contributed by atoms with Crippen LogP contribution >= 0.6 is 0 Å². The highest BCUT2D eigenvalue weighted by Gasteiger charge is 2.30. The van der Waals surface area contributed by atoms with Gasteiger partial charge in [-0.3, -0.25) is 9.78 Å². The van der Waals surface area contributed by atoms with E-state index in [1.807, 2.05) is 12.1 Å². The number of carbonyl (C=O) groups excluding carboxylic acids is 1. The third kappa shape index (κ3) is 4.03. The Morgan fingerprint density at radius 2 is 2.00 bits per heavy atom. The number of likely N-dealkylation sites (tertiary alicyclic amines) is 1. The Balaban J connectivity index is 1.41. The van der Waals surface area contributed by atoms with Crippen molar-refractivity contribution in [1.29, 1.82) is 0 Å². The third-order valence-electron chi connectivity index (χ3n) is 4.91. The molecule has 1 atom stereocenters. The monoisotopic (exact) mass is 395 g/mol. The molecule has 0 aliphatic carbocycles. The van der Waals surface area contributed by atoms with Gasteiger partial charge in [-0.1, -0.05) is 5.16 Å². The summed E-state index contributed by atoms with van der Waals surface area (Å²) in [5, 5.41) is 4.08. The standard InChI is InChI=1S/C20H21N5O4/c1-27-17-4-3-15(19(23-17)28-2)20(26)25-10-7-13(12-25)11-16-22-18(29-24-16)14-5-8-21-9-6-14/h3-6,8-9,13H,7,10-12H2,1-2H3. The maximum absolute atomic E-state index is 12.9. The summed E-state index contributed by atoms with van der Waals surface area (Å²) >= 11 is 0. The molecule has 0 bridgehead atoms. The predicted molar refractivity (Wildman–Crippen MR) is 103 cm³/mol. The normalized spacial score (nSPS) is 16.1. The molecule has 1 amide bonds. The smallest absolute Gasteiger partial charge is 0.259 e. The second kappa shape index (κ2) is 8.26. The van der Waals surface area contributed by atoms with Gasteiger partial charge in [0.15, 0.2) is 5.82 Å². The Morgan fingerprint density at radius 1 is 1.17 bits per heavy atom. The molecule has 4 heterocycles. The molecule has 0 radical (unpaired) electrons. The molecular formula is C20H21N5O4. The van der Waals surface area contributed by atoms with E-state index in [-0.39, 0.29) is 17.7 Å². The number of nitrogens with zero attached hydrogens (tertiary/aromatic N) is 5. The molecule has 9 nitrogen and oxygen atoms in total. The van der Waals surface area contributed by atoms with Gasteiger partial charge < -0.3 is 18.9 Å². The molecule has 1 saturated heterocycles. The molecule has 0 saturated carbocycles. The Labute approximate surface area is 167 Å². The van der Waals surface area contributed by atoms with E-state index >= 15 is 0 Å². The SMILES string of the molecule is COc1ccc(C(=O)N2CCC(Cc3noc(-c4ccncc4)n3)C2)c(OC)n1. The largest absolute Gasteiger partial charge is 0.481 e. The lowest BCUT2D eigenvalue weighted by molar-refractivity contribution is 0.0782. The predicted octanol–water partition coefficient (Wildman–Crippen LogP) is 2.25. The summed E-state index contributed by atoms with van der Waals surface area (Å²) in [5.41, 5.74) is 1.26. The maximum Gasteiger partial charge on any atom is 0.259 e. The van der Waals surface area contributed by atoms with Crippen LogP contribution in [0.5, 0.6) is 11.8 Å². The van der Waals surface area contributed by atoms with Crippen LogP contribution in [-0.4, -0.2) is 58.2 Å². The van der Waals surface area contributed by atoms with Crippen molar-refractivity contribution in [2.45, 2.75) is 12.8 Å². The van der Waals surface area contributed by atoms with Crippen molar-refractivity contribution in [3.8, 4) is 23.2 Å². The minimum atomic E-state index is -0.106. The van der Waals surface area contributed by atoms with Crippen LogP contribution in [0.3, 0.4) is 0 Å². The molecule has 0 N–H and O–H groups in total. The zero-order valence-corrected chi connectivity index (χ0v) is 16.2. The molecule has 0 spiro atoms. The lowest BCUT2D eigenvalue weighted by Crippen LogP contribution is -2.29. The number of carbonyl (C=O) groups is 1. The van der Waals surface area contributed by atoms with Crippen LogP contribution in [0, 0.1) is 5.92 Å². The first kappa shape index (κ1) is 18.9. The van der Waals surface area contributed by atoms with Crippen molar-refractivity contribution in [3.63, 3.8) is 0 Å². The van der Waals surface area contributed by atoms with Gasteiger partial charge in [-0.25, -0.2) is 0 Å². The van der Waals surface area contributed by atoms with E-state index < -0.39 is 0 Å². The number of amides is 1. The summed E-state index contributed by atoms with van der Waals surface area (Å²) in [4.78, 5) is 27.4. The second-order valence-electron chi connectivity index (χ2n) is 6.77. The molecule has 1 aliphatic heterocycles. The zero-order valence-electron chi connectivity index (χ0n) is 16.2. The highest BCUT2D eigenvalue weighted by Crippen LogP contribution is 2.26. The van der Waals surface area contributed by atoms with E-state index in [9.17, 15) is 4.79 Å². The molecule has 0 aromatic carbocycles. The lowest BCUT2D eigenvalue weighted by atomic mass is 10.0. The molecule has 9 heteroatoms. The van der Waals surface area contributed by atoms with E-state index in [2.05, 4.69) is 20.1 Å². The van der Waals surface area contributed by atoms with E-state index in [1.54, 1.807) is 29.4 Å². The van der Waals surface area contributed by atoms with Gasteiger partial charge in [0.25, 0.3) is 11.8 Å². The fourth-order valence-electron chi connectivity index (χ4n) is 3.42. The molecule has 29 heavy (non-hydrogen) atoms. The number of ether oxygens (including phenoxy) is 2. The van der Waals surface area contributed by atoms with Crippen molar-refractivity contribution >= 4 is 5.91 Å². The minimum Gasteiger partial charge on any atom is -0.481 e. The van der Waals surface area contributed by atoms with Gasteiger partial charge in [-0.05, 0) is 30.5 Å². The molecule has 3 aromatic rings. The van der Waals surface area contributed by atoms with E-state index in [0.29, 0.717) is 42.7 Å². The molecule has 1 unspecified atom stereocenters. The summed E-state index contributed by atoms with van der Waals surface area (Å²) < 4.78 is 15.7. The van der Waals surface area contributed by atoms with Crippen molar-refractivity contribution in [2.75, 3.05) is 27.3 Å². The van der Waals surface area contributed by atoms with Gasteiger partial charge in [0, 0.05) is 43.5 Å². The van der Waals surface area contributed by atoms with Crippen molar-refractivity contribution in [3.05, 3.63) is 48.0 Å². The Kier molecular flexibility index (Phi) is 5.37. The van der Waals surface area contributed by atoms with Crippen LogP contribution in [0.15, 0.2) is 41.2 Å². The first-order valence-electron chi connectivity index (χ1n) is 9.29. The Hall–Kier alpha value is -3.49. The number of rotatable bonds is 6. The van der Waals surface area contributed by atoms with Crippen LogP contribution in [0.2, 0.25) is 0 Å². The summed E-state index contributed by atoms with van der Waals surface area (Å²) in [6.07, 6.45) is 4.89. The van der Waals surface area contributed by atoms with Crippen molar-refractivity contribution in [1.82, 2.24) is 25.0 Å². The van der Waals surface area contributed by atoms with Crippen LogP contribution < -0.4 is 9.47 Å². The number of hydrogen-bond donors (Lipinski definition) is 0. The van der Waals surface area contributed by atoms with Crippen LogP contribution in [-0.2, 0) is 6.42 Å². The van der Waals surface area contributed by atoms with Crippen LogP contribution in [0.1, 0.15) is 22.6 Å². The second-order valence-corrected chi connectivity index (χ2v) is 6.77. The van der Waals surface area contributed by atoms with Gasteiger partial charge in [0.05, 0.1) is 14.2 Å². The van der Waals surface area contributed by atoms with Gasteiger partial charge in [-0.15, -0.1) is 0 Å². The van der Waals surface area contributed by atoms with Crippen molar-refractivity contribution in [2.24, 2.45) is 5.92 Å². The average Bonchev–Trinajstić information content (AvgIpc) is 3.43. The van der Waals surface area contributed by atoms with Gasteiger partial charge in [0.2, 0.25) is 11.8 Å². The van der Waals surface area contributed by atoms with Gasteiger partial charge in [0.1, 0.15) is 5.56 Å². The maximum atomic E-state index is 12.9. The number of aromatic nitrogens is 4. The number of hydrogen-bond acceptors (Lipinski definition) is 8. The highest BCUT2D eigenvalue weighted by molar-refractivity contribution is 5.96. The average molecular weight is 395 g/mol. The number of methoxy groups -OCH3 is 2. The van der Waals surface area contributed by atoms with Gasteiger partial charge in [-0.2, -0.15) is 9.97 Å². The molecule has 3 aromatic heterocycles. The van der Waals surface area contributed by atoms with Crippen LogP contribution in [0.25, 0.3) is 11.5 Å². The van der Waals surface area contributed by atoms with E-state index in [0.717, 1.165) is 12.0 Å². The summed E-state index contributed by atoms with van der Waals surface area (Å²) in [6.45, 7) is 1.28. The molecule has 1 fully saturated rings. The summed E-state index contributed by atoms with van der Waals surface area (Å²) in [5.74, 6) is 1.93. The van der Waals surface area contributed by atoms with Crippen LogP contribution in [0.4, 0.5) is 0 Å². The molecule has 4 rings (SSSR count). The van der Waals surface area contributed by atoms with E-state index in [4.69, 9.17) is 14.0 Å². The minimum absolute atomic E-state index is 0.106. The Bertz CT molecular complexity index is 992.